The van der Waals surface area contributed by atoms with Gasteiger partial charge >= 0.3 is 12.1 Å². The van der Waals surface area contributed by atoms with Gasteiger partial charge in [0.25, 0.3) is 0 Å². The molecule has 0 saturated carbocycles. The summed E-state index contributed by atoms with van der Waals surface area (Å²) in [5.41, 5.74) is -0.317. The lowest BCUT2D eigenvalue weighted by molar-refractivity contribution is -0.148. The van der Waals surface area contributed by atoms with Crippen molar-refractivity contribution in [2.75, 3.05) is 0 Å². The van der Waals surface area contributed by atoms with Crippen LogP contribution >= 0.6 is 0 Å². The van der Waals surface area contributed by atoms with Crippen LogP contribution in [0.15, 0.2) is 24.3 Å². The normalized spacial score (nSPS) is 14.0. The molecular weight excluding hydrogens is 293 g/mol. The molecule has 122 valence electrons. The van der Waals surface area contributed by atoms with Gasteiger partial charge in [-0.1, -0.05) is 12.1 Å². The molecule has 0 saturated heterocycles. The fourth-order valence-corrected chi connectivity index (χ4v) is 1.79. The summed E-state index contributed by atoms with van der Waals surface area (Å²) in [6.07, 6.45) is -2.74. The van der Waals surface area contributed by atoms with Crippen LogP contribution in [-0.2, 0) is 16.0 Å². The van der Waals surface area contributed by atoms with E-state index < -0.39 is 35.6 Å². The highest BCUT2D eigenvalue weighted by Crippen LogP contribution is 2.11. The highest BCUT2D eigenvalue weighted by molar-refractivity contribution is 5.75. The molecule has 0 radical (unpaired) electrons. The van der Waals surface area contributed by atoms with E-state index in [-0.39, 0.29) is 6.42 Å². The fourth-order valence-electron chi connectivity index (χ4n) is 1.79. The van der Waals surface area contributed by atoms with Crippen LogP contribution in [0.25, 0.3) is 0 Å². The fraction of sp³-hybridized carbons (Fsp3) is 0.467. The molecule has 0 heterocycles. The van der Waals surface area contributed by atoms with Crippen LogP contribution in [0.5, 0.6) is 0 Å². The van der Waals surface area contributed by atoms with E-state index in [0.717, 1.165) is 0 Å². The Kier molecular flexibility index (Phi) is 5.87. The number of aliphatic hydroxyl groups excluding tert-OH is 1. The van der Waals surface area contributed by atoms with Crippen LogP contribution in [-0.4, -0.2) is 40.0 Å². The molecule has 0 aromatic heterocycles. The van der Waals surface area contributed by atoms with E-state index in [9.17, 15) is 19.1 Å². The van der Waals surface area contributed by atoms with E-state index in [2.05, 4.69) is 5.32 Å². The highest BCUT2D eigenvalue weighted by atomic mass is 19.1. The van der Waals surface area contributed by atoms with Gasteiger partial charge in [-0.2, -0.15) is 0 Å². The number of amides is 1. The van der Waals surface area contributed by atoms with Crippen molar-refractivity contribution in [2.24, 2.45) is 0 Å². The van der Waals surface area contributed by atoms with Crippen LogP contribution in [0, 0.1) is 5.82 Å². The van der Waals surface area contributed by atoms with Gasteiger partial charge in [0.15, 0.2) is 6.10 Å². The van der Waals surface area contributed by atoms with Gasteiger partial charge in [-0.05, 0) is 44.9 Å². The minimum absolute atomic E-state index is 0.0511. The molecule has 0 aliphatic carbocycles. The zero-order valence-electron chi connectivity index (χ0n) is 12.7. The van der Waals surface area contributed by atoms with Crippen LogP contribution in [0.4, 0.5) is 9.18 Å². The van der Waals surface area contributed by atoms with Gasteiger partial charge in [0.05, 0.1) is 6.04 Å². The molecule has 2 unspecified atom stereocenters. The Morgan fingerprint density at radius 1 is 1.36 bits per heavy atom. The van der Waals surface area contributed by atoms with Crippen LogP contribution < -0.4 is 5.32 Å². The summed E-state index contributed by atoms with van der Waals surface area (Å²) < 4.78 is 18.2. The number of carboxylic acid groups (broad SMARTS) is 1. The Hall–Kier alpha value is -2.15. The van der Waals surface area contributed by atoms with E-state index >= 15 is 0 Å². The minimum Gasteiger partial charge on any atom is -0.479 e. The molecule has 0 spiro atoms. The van der Waals surface area contributed by atoms with Crippen molar-refractivity contribution in [3.05, 3.63) is 35.6 Å². The van der Waals surface area contributed by atoms with Crippen molar-refractivity contribution in [3.63, 3.8) is 0 Å². The Balaban J connectivity index is 2.85. The Morgan fingerprint density at radius 3 is 2.50 bits per heavy atom. The van der Waals surface area contributed by atoms with Crippen molar-refractivity contribution in [1.82, 2.24) is 5.32 Å². The maximum atomic E-state index is 13.2. The first-order valence-electron chi connectivity index (χ1n) is 6.73. The number of carbonyl (C=O) groups is 2. The largest absolute Gasteiger partial charge is 0.479 e. The number of alkyl carbamates (subject to hydrolysis) is 1. The number of aliphatic carboxylic acids is 1. The van der Waals surface area contributed by atoms with E-state index in [1.807, 2.05) is 0 Å². The molecule has 0 fully saturated rings. The van der Waals surface area contributed by atoms with E-state index in [0.29, 0.717) is 5.56 Å². The number of hydrogen-bond donors (Lipinski definition) is 3. The Bertz CT molecular complexity index is 541. The van der Waals surface area contributed by atoms with Crippen LogP contribution in [0.3, 0.4) is 0 Å². The second-order valence-corrected chi connectivity index (χ2v) is 5.87. The Morgan fingerprint density at radius 2 is 2.00 bits per heavy atom. The molecule has 1 aromatic rings. The summed E-state index contributed by atoms with van der Waals surface area (Å²) in [6, 6.07) is 4.34. The van der Waals surface area contributed by atoms with Crippen molar-refractivity contribution in [2.45, 2.75) is 44.9 Å². The lowest BCUT2D eigenvalue weighted by atomic mass is 10.0. The molecule has 7 heteroatoms. The van der Waals surface area contributed by atoms with Gasteiger partial charge in [-0.15, -0.1) is 0 Å². The van der Waals surface area contributed by atoms with E-state index in [4.69, 9.17) is 9.84 Å². The smallest absolute Gasteiger partial charge is 0.407 e. The third-order valence-corrected chi connectivity index (χ3v) is 2.68. The molecule has 1 rings (SSSR count). The van der Waals surface area contributed by atoms with Gasteiger partial charge in [-0.3, -0.25) is 0 Å². The minimum atomic E-state index is -1.84. The lowest BCUT2D eigenvalue weighted by Gasteiger charge is -2.25. The van der Waals surface area contributed by atoms with Crippen molar-refractivity contribution >= 4 is 12.1 Å². The summed E-state index contributed by atoms with van der Waals surface area (Å²) in [7, 11) is 0. The first-order chi connectivity index (χ1) is 10.1. The van der Waals surface area contributed by atoms with Crippen molar-refractivity contribution < 1.29 is 28.9 Å². The van der Waals surface area contributed by atoms with E-state index in [1.54, 1.807) is 26.8 Å². The van der Waals surface area contributed by atoms with Gasteiger partial charge in [0.1, 0.15) is 11.4 Å². The van der Waals surface area contributed by atoms with Gasteiger partial charge in [0.2, 0.25) is 0 Å². The maximum Gasteiger partial charge on any atom is 0.407 e. The number of ether oxygens (including phenoxy) is 1. The molecule has 0 bridgehead atoms. The van der Waals surface area contributed by atoms with Gasteiger partial charge in [-0.25, -0.2) is 14.0 Å². The zero-order chi connectivity index (χ0) is 16.9. The van der Waals surface area contributed by atoms with Gasteiger partial charge in [0, 0.05) is 0 Å². The summed E-state index contributed by atoms with van der Waals surface area (Å²) in [4.78, 5) is 22.7. The highest BCUT2D eigenvalue weighted by Gasteiger charge is 2.29. The van der Waals surface area contributed by atoms with Crippen LogP contribution in [0.2, 0.25) is 0 Å². The standard InChI is InChI=1S/C15H20FNO5/c1-15(2,3)22-14(21)17-11(12(18)13(19)20)8-9-5-4-6-10(16)7-9/h4-7,11-12,18H,8H2,1-3H3,(H,17,21)(H,19,20). The molecule has 0 aliphatic heterocycles. The number of carboxylic acids is 1. The predicted molar refractivity (Wildman–Crippen MR) is 76.9 cm³/mol. The predicted octanol–water partition coefficient (Wildman–Crippen LogP) is 1.71. The number of halogens is 1. The Labute approximate surface area is 127 Å². The summed E-state index contributed by atoms with van der Waals surface area (Å²) in [6.45, 7) is 4.96. The molecule has 0 aliphatic rings. The summed E-state index contributed by atoms with van der Waals surface area (Å²) >= 11 is 0. The topological polar surface area (TPSA) is 95.9 Å². The lowest BCUT2D eigenvalue weighted by Crippen LogP contribution is -2.49. The second-order valence-electron chi connectivity index (χ2n) is 5.87. The summed E-state index contributed by atoms with van der Waals surface area (Å²) in [5, 5.41) is 20.9. The first-order valence-corrected chi connectivity index (χ1v) is 6.73. The van der Waals surface area contributed by atoms with Gasteiger partial charge < -0.3 is 20.3 Å². The number of aliphatic hydroxyl groups is 1. The molecule has 1 amide bonds. The number of rotatable bonds is 5. The average Bonchev–Trinajstić information content (AvgIpc) is 2.34. The number of nitrogens with one attached hydrogen (secondary N) is 1. The van der Waals surface area contributed by atoms with E-state index in [1.165, 1.54) is 18.2 Å². The number of hydrogen-bond acceptors (Lipinski definition) is 4. The number of benzene rings is 1. The second kappa shape index (κ2) is 7.22. The van der Waals surface area contributed by atoms with Crippen molar-refractivity contribution in [3.8, 4) is 0 Å². The molecule has 1 aromatic carbocycles. The third-order valence-electron chi connectivity index (χ3n) is 2.68. The summed E-state index contributed by atoms with van der Waals surface area (Å²) in [5.74, 6) is -1.98. The number of carbonyl (C=O) groups excluding carboxylic acids is 1. The monoisotopic (exact) mass is 313 g/mol. The average molecular weight is 313 g/mol. The maximum absolute atomic E-state index is 13.2. The first kappa shape index (κ1) is 17.9. The van der Waals surface area contributed by atoms with Crippen molar-refractivity contribution in [1.29, 1.82) is 0 Å². The SMILES string of the molecule is CC(C)(C)OC(=O)NC(Cc1cccc(F)c1)C(O)C(=O)O. The zero-order valence-corrected chi connectivity index (χ0v) is 12.7. The quantitative estimate of drug-likeness (QED) is 0.769. The molecule has 3 N–H and O–H groups in total. The molecule has 2 atom stereocenters. The molecule has 22 heavy (non-hydrogen) atoms. The third kappa shape index (κ3) is 6.09. The van der Waals surface area contributed by atoms with Crippen LogP contribution in [0.1, 0.15) is 26.3 Å². The molecular formula is C15H20FNO5. The molecule has 6 nitrogen and oxygen atoms in total.